The van der Waals surface area contributed by atoms with Crippen LogP contribution in [0.3, 0.4) is 0 Å². The predicted octanol–water partition coefficient (Wildman–Crippen LogP) is 1.32. The molecular formula is C14H21NO3. The van der Waals surface area contributed by atoms with Crippen LogP contribution in [0.5, 0.6) is 0 Å². The number of amides is 2. The molecule has 1 aliphatic heterocycles. The first kappa shape index (κ1) is 12.2. The van der Waals surface area contributed by atoms with Gasteiger partial charge in [-0.1, -0.05) is 6.42 Å². The van der Waals surface area contributed by atoms with Crippen LogP contribution in [0.15, 0.2) is 0 Å². The molecule has 0 bridgehead atoms. The lowest BCUT2D eigenvalue weighted by molar-refractivity contribution is -0.141. The summed E-state index contributed by atoms with van der Waals surface area (Å²) in [6.45, 7) is 0.595. The number of nitrogens with zero attached hydrogens (tertiary/aromatic N) is 1. The summed E-state index contributed by atoms with van der Waals surface area (Å²) in [7, 11) is 0. The highest BCUT2D eigenvalue weighted by molar-refractivity contribution is 6.05. The molecular weight excluding hydrogens is 230 g/mol. The molecule has 0 spiro atoms. The standard InChI is InChI=1S/C14H21NO3/c16-10-6-4-9(5-7-10)8-15-13(17)11-2-1-3-12(11)14(15)18/h9-12,16H,1-8H2. The highest BCUT2D eigenvalue weighted by atomic mass is 16.3. The lowest BCUT2D eigenvalue weighted by Crippen LogP contribution is -2.37. The van der Waals surface area contributed by atoms with E-state index in [1.807, 2.05) is 0 Å². The molecule has 4 nitrogen and oxygen atoms in total. The zero-order valence-corrected chi connectivity index (χ0v) is 10.7. The quantitative estimate of drug-likeness (QED) is 0.753. The van der Waals surface area contributed by atoms with Crippen LogP contribution in [0.4, 0.5) is 0 Å². The van der Waals surface area contributed by atoms with E-state index in [4.69, 9.17) is 0 Å². The Morgan fingerprint density at radius 3 is 2.06 bits per heavy atom. The van der Waals surface area contributed by atoms with Gasteiger partial charge in [-0.3, -0.25) is 14.5 Å². The Bertz CT molecular complexity index is 338. The van der Waals surface area contributed by atoms with E-state index in [1.54, 1.807) is 0 Å². The first-order chi connectivity index (χ1) is 8.66. The van der Waals surface area contributed by atoms with Gasteiger partial charge < -0.3 is 5.11 Å². The van der Waals surface area contributed by atoms with Crippen molar-refractivity contribution in [3.63, 3.8) is 0 Å². The van der Waals surface area contributed by atoms with Crippen LogP contribution in [0.1, 0.15) is 44.9 Å². The van der Waals surface area contributed by atoms with Gasteiger partial charge in [-0.15, -0.1) is 0 Å². The van der Waals surface area contributed by atoms with Gasteiger partial charge in [-0.25, -0.2) is 0 Å². The Morgan fingerprint density at radius 1 is 0.944 bits per heavy atom. The number of fused-ring (bicyclic) bond motifs is 1. The van der Waals surface area contributed by atoms with Gasteiger partial charge in [0.2, 0.25) is 11.8 Å². The summed E-state index contributed by atoms with van der Waals surface area (Å²) in [5, 5.41) is 9.48. The molecule has 0 radical (unpaired) electrons. The van der Waals surface area contributed by atoms with Gasteiger partial charge in [0.25, 0.3) is 0 Å². The molecule has 2 unspecified atom stereocenters. The van der Waals surface area contributed by atoms with Crippen molar-refractivity contribution < 1.29 is 14.7 Å². The third-order valence-electron chi connectivity index (χ3n) is 4.94. The smallest absolute Gasteiger partial charge is 0.233 e. The summed E-state index contributed by atoms with van der Waals surface area (Å²) < 4.78 is 0. The second kappa shape index (κ2) is 4.65. The maximum atomic E-state index is 12.2. The number of carbonyl (C=O) groups is 2. The maximum absolute atomic E-state index is 12.2. The fourth-order valence-corrected chi connectivity index (χ4v) is 3.83. The average molecular weight is 251 g/mol. The zero-order chi connectivity index (χ0) is 12.7. The van der Waals surface area contributed by atoms with E-state index in [-0.39, 0.29) is 29.8 Å². The van der Waals surface area contributed by atoms with E-state index < -0.39 is 0 Å². The second-order valence-corrected chi connectivity index (χ2v) is 6.11. The monoisotopic (exact) mass is 251 g/mol. The van der Waals surface area contributed by atoms with Crippen LogP contribution in [0, 0.1) is 17.8 Å². The third-order valence-corrected chi connectivity index (χ3v) is 4.94. The molecule has 2 amide bonds. The van der Waals surface area contributed by atoms with Gasteiger partial charge in [0, 0.05) is 6.54 Å². The Hall–Kier alpha value is -0.900. The molecule has 3 rings (SSSR count). The van der Waals surface area contributed by atoms with Crippen molar-refractivity contribution in [3.8, 4) is 0 Å². The number of aliphatic hydroxyl groups is 1. The van der Waals surface area contributed by atoms with Crippen molar-refractivity contribution in [1.29, 1.82) is 0 Å². The summed E-state index contributed by atoms with van der Waals surface area (Å²) in [5.74, 6) is 0.542. The molecule has 18 heavy (non-hydrogen) atoms. The lowest BCUT2D eigenvalue weighted by atomic mass is 9.87. The molecule has 0 aromatic rings. The highest BCUT2D eigenvalue weighted by Gasteiger charge is 2.49. The van der Waals surface area contributed by atoms with E-state index >= 15 is 0 Å². The van der Waals surface area contributed by atoms with E-state index in [9.17, 15) is 14.7 Å². The number of rotatable bonds is 2. The van der Waals surface area contributed by atoms with E-state index in [0.29, 0.717) is 12.5 Å². The Balaban J connectivity index is 1.63. The Morgan fingerprint density at radius 2 is 1.50 bits per heavy atom. The summed E-state index contributed by atoms with van der Waals surface area (Å²) >= 11 is 0. The summed E-state index contributed by atoms with van der Waals surface area (Å²) in [6.07, 6.45) is 6.15. The molecule has 2 saturated carbocycles. The molecule has 2 atom stereocenters. The molecule has 1 heterocycles. The lowest BCUT2D eigenvalue weighted by Gasteiger charge is -2.28. The minimum absolute atomic E-state index is 0.00770. The van der Waals surface area contributed by atoms with Gasteiger partial charge in [0.1, 0.15) is 0 Å². The number of likely N-dealkylation sites (tertiary alicyclic amines) is 1. The number of hydrogen-bond acceptors (Lipinski definition) is 3. The second-order valence-electron chi connectivity index (χ2n) is 6.11. The largest absolute Gasteiger partial charge is 0.393 e. The summed E-state index contributed by atoms with van der Waals surface area (Å²) in [4.78, 5) is 25.9. The molecule has 0 aromatic heterocycles. The van der Waals surface area contributed by atoms with Gasteiger partial charge in [0.05, 0.1) is 17.9 Å². The Kier molecular flexibility index (Phi) is 3.14. The number of carbonyl (C=O) groups excluding carboxylic acids is 2. The molecule has 2 aliphatic carbocycles. The minimum atomic E-state index is -0.175. The number of hydrogen-bond donors (Lipinski definition) is 1. The fraction of sp³-hybridized carbons (Fsp3) is 0.857. The number of imide groups is 1. The normalized spacial score (nSPS) is 40.4. The fourth-order valence-electron chi connectivity index (χ4n) is 3.83. The van der Waals surface area contributed by atoms with Gasteiger partial charge in [0.15, 0.2) is 0 Å². The molecule has 0 aromatic carbocycles. The van der Waals surface area contributed by atoms with Gasteiger partial charge in [-0.2, -0.15) is 0 Å². The van der Waals surface area contributed by atoms with Crippen LogP contribution < -0.4 is 0 Å². The summed E-state index contributed by atoms with van der Waals surface area (Å²) in [6, 6.07) is 0. The minimum Gasteiger partial charge on any atom is -0.393 e. The first-order valence-electron chi connectivity index (χ1n) is 7.20. The van der Waals surface area contributed by atoms with Crippen LogP contribution in [0.2, 0.25) is 0 Å². The SMILES string of the molecule is O=C1C2CCCC2C(=O)N1CC1CCC(O)CC1. The highest BCUT2D eigenvalue weighted by Crippen LogP contribution is 2.40. The Labute approximate surface area is 107 Å². The van der Waals surface area contributed by atoms with Crippen LogP contribution in [-0.4, -0.2) is 34.5 Å². The molecule has 1 saturated heterocycles. The van der Waals surface area contributed by atoms with Crippen LogP contribution >= 0.6 is 0 Å². The third kappa shape index (κ3) is 1.96. The van der Waals surface area contributed by atoms with Crippen molar-refractivity contribution in [3.05, 3.63) is 0 Å². The van der Waals surface area contributed by atoms with Crippen LogP contribution in [0.25, 0.3) is 0 Å². The van der Waals surface area contributed by atoms with Crippen molar-refractivity contribution in [2.75, 3.05) is 6.54 Å². The van der Waals surface area contributed by atoms with Crippen molar-refractivity contribution in [2.24, 2.45) is 17.8 Å². The van der Waals surface area contributed by atoms with Gasteiger partial charge >= 0.3 is 0 Å². The van der Waals surface area contributed by atoms with E-state index in [2.05, 4.69) is 0 Å². The average Bonchev–Trinajstić information content (AvgIpc) is 2.92. The predicted molar refractivity (Wildman–Crippen MR) is 65.5 cm³/mol. The molecule has 3 fully saturated rings. The van der Waals surface area contributed by atoms with E-state index in [1.165, 1.54) is 4.90 Å². The summed E-state index contributed by atoms with van der Waals surface area (Å²) in [5.41, 5.74) is 0. The molecule has 1 N–H and O–H groups in total. The maximum Gasteiger partial charge on any atom is 0.233 e. The zero-order valence-electron chi connectivity index (χ0n) is 10.7. The topological polar surface area (TPSA) is 57.6 Å². The van der Waals surface area contributed by atoms with Crippen LogP contribution in [-0.2, 0) is 9.59 Å². The van der Waals surface area contributed by atoms with Crippen molar-refractivity contribution in [2.45, 2.75) is 51.0 Å². The van der Waals surface area contributed by atoms with E-state index in [0.717, 1.165) is 44.9 Å². The molecule has 4 heteroatoms. The van der Waals surface area contributed by atoms with Crippen molar-refractivity contribution in [1.82, 2.24) is 4.90 Å². The molecule has 100 valence electrons. The first-order valence-corrected chi connectivity index (χ1v) is 7.20. The number of aliphatic hydroxyl groups excluding tert-OH is 1. The van der Waals surface area contributed by atoms with Gasteiger partial charge in [-0.05, 0) is 44.4 Å². The molecule has 3 aliphatic rings. The van der Waals surface area contributed by atoms with Crippen molar-refractivity contribution >= 4 is 11.8 Å².